The largest absolute Gasteiger partial charge is 0.496 e. The van der Waals surface area contributed by atoms with E-state index in [4.69, 9.17) is 14.2 Å². The molecule has 0 saturated carbocycles. The van der Waals surface area contributed by atoms with Crippen LogP contribution < -0.4 is 10.1 Å². The van der Waals surface area contributed by atoms with Gasteiger partial charge in [-0.2, -0.15) is 0 Å². The quantitative estimate of drug-likeness (QED) is 0.779. The van der Waals surface area contributed by atoms with Crippen molar-refractivity contribution < 1.29 is 19.0 Å². The summed E-state index contributed by atoms with van der Waals surface area (Å²) in [5, 5.41) is 3.04. The van der Waals surface area contributed by atoms with Crippen LogP contribution in [0, 0.1) is 0 Å². The molecule has 1 N–H and O–H groups in total. The molecule has 0 aromatic heterocycles. The Bertz CT molecular complexity index is 566. The van der Waals surface area contributed by atoms with Crippen LogP contribution in [-0.4, -0.2) is 45.0 Å². The Morgan fingerprint density at radius 2 is 2.17 bits per heavy atom. The first-order valence-electron chi connectivity index (χ1n) is 8.34. The highest BCUT2D eigenvalue weighted by Gasteiger charge is 2.27. The van der Waals surface area contributed by atoms with E-state index in [2.05, 4.69) is 5.32 Å². The number of hydrogen-bond donors (Lipinski definition) is 1. The minimum Gasteiger partial charge on any atom is -0.496 e. The minimum absolute atomic E-state index is 0.0176. The van der Waals surface area contributed by atoms with E-state index < -0.39 is 0 Å². The smallest absolute Gasteiger partial charge is 0.224 e. The van der Waals surface area contributed by atoms with Crippen molar-refractivity contribution in [3.63, 3.8) is 0 Å². The van der Waals surface area contributed by atoms with E-state index in [-0.39, 0.29) is 24.5 Å². The third-order valence-corrected chi connectivity index (χ3v) is 3.98. The maximum Gasteiger partial charge on any atom is 0.224 e. The molecule has 5 nitrogen and oxygen atoms in total. The van der Waals surface area contributed by atoms with Gasteiger partial charge in [-0.25, -0.2) is 0 Å². The van der Waals surface area contributed by atoms with E-state index >= 15 is 0 Å². The van der Waals surface area contributed by atoms with E-state index in [1.165, 1.54) is 5.57 Å². The summed E-state index contributed by atoms with van der Waals surface area (Å²) in [4.78, 5) is 12.4. The third kappa shape index (κ3) is 5.65. The number of allylic oxidation sites excluding steroid dienone is 1. The Labute approximate surface area is 144 Å². The van der Waals surface area contributed by atoms with Crippen LogP contribution in [0.4, 0.5) is 0 Å². The Morgan fingerprint density at radius 3 is 2.92 bits per heavy atom. The van der Waals surface area contributed by atoms with Crippen molar-refractivity contribution in [2.24, 2.45) is 0 Å². The molecule has 1 saturated heterocycles. The van der Waals surface area contributed by atoms with Gasteiger partial charge in [0.05, 0.1) is 38.9 Å². The molecule has 0 bridgehead atoms. The van der Waals surface area contributed by atoms with Crippen LogP contribution in [-0.2, 0) is 20.7 Å². The topological polar surface area (TPSA) is 56.8 Å². The summed E-state index contributed by atoms with van der Waals surface area (Å²) in [6.45, 7) is 5.79. The fraction of sp³-hybridized carbons (Fsp3) is 0.526. The Balaban J connectivity index is 1.91. The predicted molar refractivity (Wildman–Crippen MR) is 93.2 cm³/mol. The first-order valence-corrected chi connectivity index (χ1v) is 8.34. The van der Waals surface area contributed by atoms with Crippen LogP contribution in [0.15, 0.2) is 35.9 Å². The van der Waals surface area contributed by atoms with E-state index in [9.17, 15) is 4.79 Å². The second-order valence-electron chi connectivity index (χ2n) is 6.18. The van der Waals surface area contributed by atoms with Gasteiger partial charge in [0, 0.05) is 12.2 Å². The number of methoxy groups -OCH3 is 1. The molecular weight excluding hydrogens is 306 g/mol. The molecule has 0 unspecified atom stereocenters. The van der Waals surface area contributed by atoms with Gasteiger partial charge in [0.1, 0.15) is 5.75 Å². The van der Waals surface area contributed by atoms with Gasteiger partial charge in [-0.1, -0.05) is 29.8 Å². The number of carbonyl (C=O) groups is 1. The fourth-order valence-electron chi connectivity index (χ4n) is 2.67. The summed E-state index contributed by atoms with van der Waals surface area (Å²) in [5.74, 6) is 0.676. The van der Waals surface area contributed by atoms with Gasteiger partial charge in [-0.05, 0) is 26.3 Å². The van der Waals surface area contributed by atoms with Gasteiger partial charge in [-0.3, -0.25) is 4.79 Å². The molecule has 0 radical (unpaired) electrons. The molecule has 0 spiro atoms. The molecule has 1 aliphatic rings. The lowest BCUT2D eigenvalue weighted by molar-refractivity contribution is -0.125. The van der Waals surface area contributed by atoms with Crippen LogP contribution in [0.5, 0.6) is 5.75 Å². The van der Waals surface area contributed by atoms with Crippen molar-refractivity contribution in [1.82, 2.24) is 5.32 Å². The summed E-state index contributed by atoms with van der Waals surface area (Å²) < 4.78 is 16.7. The zero-order valence-corrected chi connectivity index (χ0v) is 14.7. The lowest BCUT2D eigenvalue weighted by atomic mass is 10.1. The average Bonchev–Trinajstić information content (AvgIpc) is 2.56. The Kier molecular flexibility index (Phi) is 7.28. The number of ether oxygens (including phenoxy) is 3. The molecule has 2 atom stereocenters. The SMILES string of the molecule is COc1ccccc1CC(=O)N[C@@H]1COCC[C@@H]1OCC=C(C)C. The lowest BCUT2D eigenvalue weighted by Gasteiger charge is -2.32. The molecule has 1 aromatic carbocycles. The molecule has 0 aliphatic carbocycles. The van der Waals surface area contributed by atoms with Crippen molar-refractivity contribution in [3.05, 3.63) is 41.5 Å². The van der Waals surface area contributed by atoms with E-state index in [1.807, 2.05) is 44.2 Å². The van der Waals surface area contributed by atoms with Gasteiger partial charge in [0.2, 0.25) is 5.91 Å². The summed E-state index contributed by atoms with van der Waals surface area (Å²) >= 11 is 0. The first kappa shape index (κ1) is 18.5. The average molecular weight is 333 g/mol. The summed E-state index contributed by atoms with van der Waals surface area (Å²) in [6, 6.07) is 7.44. The normalized spacial score (nSPS) is 20.3. The predicted octanol–water partition coefficient (Wildman–Crippen LogP) is 2.49. The van der Waals surface area contributed by atoms with Gasteiger partial charge in [0.15, 0.2) is 0 Å². The van der Waals surface area contributed by atoms with Crippen molar-refractivity contribution in [2.45, 2.75) is 38.8 Å². The second-order valence-corrected chi connectivity index (χ2v) is 6.18. The van der Waals surface area contributed by atoms with Crippen molar-refractivity contribution in [1.29, 1.82) is 0 Å². The molecule has 1 aromatic rings. The molecular formula is C19H27NO4. The Hall–Kier alpha value is -1.85. The molecule has 1 heterocycles. The number of hydrogen-bond acceptors (Lipinski definition) is 4. The van der Waals surface area contributed by atoms with Crippen molar-refractivity contribution in [3.8, 4) is 5.75 Å². The van der Waals surface area contributed by atoms with Gasteiger partial charge < -0.3 is 19.5 Å². The zero-order chi connectivity index (χ0) is 17.4. The maximum atomic E-state index is 12.4. The van der Waals surface area contributed by atoms with E-state index in [0.29, 0.717) is 19.8 Å². The number of carbonyl (C=O) groups excluding carboxylic acids is 1. The lowest BCUT2D eigenvalue weighted by Crippen LogP contribution is -2.51. The van der Waals surface area contributed by atoms with E-state index in [0.717, 1.165) is 17.7 Å². The fourth-order valence-corrected chi connectivity index (χ4v) is 2.67. The number of benzene rings is 1. The van der Waals surface area contributed by atoms with Crippen LogP contribution in [0.2, 0.25) is 0 Å². The summed E-state index contributed by atoms with van der Waals surface area (Å²) in [5.41, 5.74) is 2.09. The number of amides is 1. The highest BCUT2D eigenvalue weighted by Crippen LogP contribution is 2.18. The third-order valence-electron chi connectivity index (χ3n) is 3.98. The molecule has 132 valence electrons. The maximum absolute atomic E-state index is 12.4. The van der Waals surface area contributed by atoms with Crippen LogP contribution >= 0.6 is 0 Å². The van der Waals surface area contributed by atoms with Gasteiger partial charge >= 0.3 is 0 Å². The Morgan fingerprint density at radius 1 is 1.38 bits per heavy atom. The van der Waals surface area contributed by atoms with Crippen molar-refractivity contribution in [2.75, 3.05) is 26.9 Å². The molecule has 1 aliphatic heterocycles. The van der Waals surface area contributed by atoms with Crippen LogP contribution in [0.3, 0.4) is 0 Å². The molecule has 5 heteroatoms. The molecule has 1 amide bonds. The number of para-hydroxylation sites is 1. The second kappa shape index (κ2) is 9.45. The summed E-state index contributed by atoms with van der Waals surface area (Å²) in [6.07, 6.45) is 3.09. The molecule has 24 heavy (non-hydrogen) atoms. The highest BCUT2D eigenvalue weighted by molar-refractivity contribution is 5.79. The van der Waals surface area contributed by atoms with Gasteiger partial charge in [0.25, 0.3) is 0 Å². The number of nitrogens with one attached hydrogen (secondary N) is 1. The van der Waals surface area contributed by atoms with Gasteiger partial charge in [-0.15, -0.1) is 0 Å². The van der Waals surface area contributed by atoms with E-state index in [1.54, 1.807) is 7.11 Å². The summed E-state index contributed by atoms with van der Waals surface area (Å²) in [7, 11) is 1.61. The van der Waals surface area contributed by atoms with Crippen LogP contribution in [0.25, 0.3) is 0 Å². The highest BCUT2D eigenvalue weighted by atomic mass is 16.5. The standard InChI is InChI=1S/C19H27NO4/c1-14(2)8-11-24-18-9-10-23-13-16(18)20-19(21)12-15-6-4-5-7-17(15)22-3/h4-8,16,18H,9-13H2,1-3H3,(H,20,21)/t16-,18+/m1/s1. The minimum atomic E-state index is -0.119. The van der Waals surface area contributed by atoms with Crippen molar-refractivity contribution >= 4 is 5.91 Å². The zero-order valence-electron chi connectivity index (χ0n) is 14.7. The first-order chi connectivity index (χ1) is 11.6. The van der Waals surface area contributed by atoms with Crippen LogP contribution in [0.1, 0.15) is 25.8 Å². The molecule has 2 rings (SSSR count). The monoisotopic (exact) mass is 333 g/mol. The number of rotatable bonds is 7. The molecule has 1 fully saturated rings.